The third kappa shape index (κ3) is 3.36. The quantitative estimate of drug-likeness (QED) is 0.478. The van der Waals surface area contributed by atoms with Gasteiger partial charge in [0.05, 0.1) is 22.3 Å². The summed E-state index contributed by atoms with van der Waals surface area (Å²) < 4.78 is 21.9. The van der Waals surface area contributed by atoms with Gasteiger partial charge in [-0.2, -0.15) is 0 Å². The zero-order valence-corrected chi connectivity index (χ0v) is 11.4. The summed E-state index contributed by atoms with van der Waals surface area (Å²) in [4.78, 5) is 9.94. The number of nitrogens with zero attached hydrogens (tertiary/aromatic N) is 1. The number of ether oxygens (including phenoxy) is 2. The van der Waals surface area contributed by atoms with Gasteiger partial charge < -0.3 is 24.8 Å². The Balaban J connectivity index is 2.10. The van der Waals surface area contributed by atoms with E-state index in [1.54, 1.807) is 0 Å². The lowest BCUT2D eigenvalue weighted by atomic mass is 10.3. The van der Waals surface area contributed by atoms with Gasteiger partial charge in [0.25, 0.3) is 5.69 Å². The Morgan fingerprint density at radius 3 is 2.48 bits per heavy atom. The van der Waals surface area contributed by atoms with Crippen molar-refractivity contribution in [3.05, 3.63) is 34.4 Å². The zero-order chi connectivity index (χ0) is 15.6. The summed E-state index contributed by atoms with van der Waals surface area (Å²) in [6.45, 7) is -0.615. The average molecular weight is 319 g/mol. The summed E-state index contributed by atoms with van der Waals surface area (Å²) in [6, 6.07) is 4.98. The summed E-state index contributed by atoms with van der Waals surface area (Å²) in [5.74, 6) is 0.154. The molecule has 0 bridgehead atoms. The van der Waals surface area contributed by atoms with Crippen molar-refractivity contribution in [3.63, 3.8) is 0 Å². The minimum atomic E-state index is -1.98. The maximum Gasteiger partial charge on any atom is 0.269 e. The van der Waals surface area contributed by atoms with Crippen LogP contribution in [0.3, 0.4) is 0 Å². The molecule has 4 unspecified atom stereocenters. The second-order valence-electron chi connectivity index (χ2n) is 4.20. The molecule has 9 nitrogen and oxygen atoms in total. The zero-order valence-electron chi connectivity index (χ0n) is 10.6. The van der Waals surface area contributed by atoms with Gasteiger partial charge in [-0.15, -0.1) is 0 Å². The lowest BCUT2D eigenvalue weighted by Crippen LogP contribution is -2.54. The number of aliphatic hydroxyl groups is 3. The number of aliphatic hydroxyl groups excluding tert-OH is 3. The predicted molar refractivity (Wildman–Crippen MR) is 69.6 cm³/mol. The highest BCUT2D eigenvalue weighted by atomic mass is 32.2. The first-order valence-corrected chi connectivity index (χ1v) is 7.14. The van der Waals surface area contributed by atoms with Gasteiger partial charge in [-0.3, -0.25) is 14.3 Å². The first kappa shape index (κ1) is 15.8. The number of non-ortho nitro benzene ring substituents is 1. The van der Waals surface area contributed by atoms with Crippen molar-refractivity contribution >= 4 is 16.5 Å². The summed E-state index contributed by atoms with van der Waals surface area (Å²) in [7, 11) is -1.98. The summed E-state index contributed by atoms with van der Waals surface area (Å²) in [6.07, 6.45) is -2.93. The molecule has 1 heterocycles. The Morgan fingerprint density at radius 1 is 1.33 bits per heavy atom. The van der Waals surface area contributed by atoms with E-state index in [2.05, 4.69) is 0 Å². The van der Waals surface area contributed by atoms with Crippen molar-refractivity contribution < 1.29 is 33.9 Å². The van der Waals surface area contributed by atoms with Crippen molar-refractivity contribution in [3.8, 4) is 5.75 Å². The minimum absolute atomic E-state index is 0.137. The molecule has 3 N–H and O–H groups in total. The van der Waals surface area contributed by atoms with Crippen LogP contribution in [0.25, 0.3) is 0 Å². The van der Waals surface area contributed by atoms with Crippen LogP contribution in [0.15, 0.2) is 24.3 Å². The number of nitro groups is 1. The average Bonchev–Trinajstić information content (AvgIpc) is 2.48. The number of rotatable bonds is 4. The Morgan fingerprint density at radius 2 is 1.95 bits per heavy atom. The molecule has 0 aliphatic carbocycles. The molecule has 2 rings (SSSR count). The third-order valence-electron chi connectivity index (χ3n) is 2.80. The smallest absolute Gasteiger partial charge is 0.269 e. The van der Waals surface area contributed by atoms with Gasteiger partial charge in [0.1, 0.15) is 5.75 Å². The largest absolute Gasteiger partial charge is 0.462 e. The van der Waals surface area contributed by atoms with Gasteiger partial charge in [0.15, 0.2) is 17.0 Å². The van der Waals surface area contributed by atoms with Gasteiger partial charge in [0.2, 0.25) is 6.29 Å². The molecule has 5 atom stereocenters. The fourth-order valence-electron chi connectivity index (χ4n) is 1.71. The normalized spacial score (nSPS) is 32.6. The monoisotopic (exact) mass is 319 g/mol. The van der Waals surface area contributed by atoms with Crippen molar-refractivity contribution in [2.75, 3.05) is 6.61 Å². The molecule has 21 heavy (non-hydrogen) atoms. The highest BCUT2D eigenvalue weighted by Crippen LogP contribution is 2.25. The van der Waals surface area contributed by atoms with Crippen molar-refractivity contribution in [2.24, 2.45) is 0 Å². The second kappa shape index (κ2) is 6.45. The SMILES string of the molecule is O=[N+]([O-])c1ccc(OC2OC(CO)S(=O)[C@@H](O)C2O)cc1. The van der Waals surface area contributed by atoms with Gasteiger partial charge >= 0.3 is 0 Å². The molecule has 116 valence electrons. The first-order chi connectivity index (χ1) is 9.93. The molecule has 0 aromatic heterocycles. The van der Waals surface area contributed by atoms with Crippen molar-refractivity contribution in [1.82, 2.24) is 0 Å². The Labute approximate surface area is 121 Å². The predicted octanol–water partition coefficient (Wildman–Crippen LogP) is -0.924. The number of nitro benzene ring substituents is 1. The molecule has 1 aromatic rings. The van der Waals surface area contributed by atoms with E-state index < -0.39 is 45.6 Å². The van der Waals surface area contributed by atoms with E-state index in [9.17, 15) is 24.5 Å². The van der Waals surface area contributed by atoms with E-state index in [0.717, 1.165) is 0 Å². The number of benzene rings is 1. The van der Waals surface area contributed by atoms with E-state index in [4.69, 9.17) is 14.6 Å². The Bertz CT molecular complexity index is 532. The van der Waals surface area contributed by atoms with E-state index in [-0.39, 0.29) is 11.4 Å². The standard InChI is InChI=1S/C11H13NO8S/c13-5-8-20-11(9(14)10(15)21(8)18)19-7-3-1-6(2-4-7)12(16)17/h1-4,8-11,13-15H,5H2/t8?,9?,10-,11?,21?/m1/s1. The van der Waals surface area contributed by atoms with Crippen molar-refractivity contribution in [2.45, 2.75) is 23.3 Å². The highest BCUT2D eigenvalue weighted by molar-refractivity contribution is 7.86. The third-order valence-corrected chi connectivity index (χ3v) is 4.34. The van der Waals surface area contributed by atoms with Crippen LogP contribution in [0.2, 0.25) is 0 Å². The molecule has 10 heteroatoms. The summed E-state index contributed by atoms with van der Waals surface area (Å²) >= 11 is 0. The maximum atomic E-state index is 11.6. The fraction of sp³-hybridized carbons (Fsp3) is 0.455. The van der Waals surface area contributed by atoms with Gasteiger partial charge in [-0.05, 0) is 12.1 Å². The van der Waals surface area contributed by atoms with Crippen molar-refractivity contribution in [1.29, 1.82) is 0 Å². The molecule has 1 saturated heterocycles. The lowest BCUT2D eigenvalue weighted by molar-refractivity contribution is -0.384. The number of hydrogen-bond acceptors (Lipinski definition) is 8. The molecular weight excluding hydrogens is 306 g/mol. The molecule has 0 spiro atoms. The van der Waals surface area contributed by atoms with E-state index in [1.807, 2.05) is 0 Å². The summed E-state index contributed by atoms with van der Waals surface area (Å²) in [5.41, 5.74) is -2.95. The van der Waals surface area contributed by atoms with Crippen LogP contribution in [-0.4, -0.2) is 54.3 Å². The van der Waals surface area contributed by atoms with E-state index in [1.165, 1.54) is 24.3 Å². The summed E-state index contributed by atoms with van der Waals surface area (Å²) in [5, 5.41) is 38.9. The number of hydrogen-bond donors (Lipinski definition) is 3. The molecule has 0 saturated carbocycles. The van der Waals surface area contributed by atoms with Crippen LogP contribution in [0, 0.1) is 10.1 Å². The van der Waals surface area contributed by atoms with Crippen LogP contribution >= 0.6 is 0 Å². The van der Waals surface area contributed by atoms with Gasteiger partial charge in [-0.25, -0.2) is 0 Å². The van der Waals surface area contributed by atoms with E-state index >= 15 is 0 Å². The second-order valence-corrected chi connectivity index (χ2v) is 5.86. The van der Waals surface area contributed by atoms with Gasteiger partial charge in [-0.1, -0.05) is 0 Å². The highest BCUT2D eigenvalue weighted by Gasteiger charge is 2.43. The van der Waals surface area contributed by atoms with E-state index in [0.29, 0.717) is 0 Å². The van der Waals surface area contributed by atoms with Crippen LogP contribution in [0.4, 0.5) is 5.69 Å². The van der Waals surface area contributed by atoms with Crippen LogP contribution in [-0.2, 0) is 15.5 Å². The van der Waals surface area contributed by atoms with Crippen LogP contribution in [0.1, 0.15) is 0 Å². The topological polar surface area (TPSA) is 139 Å². The maximum absolute atomic E-state index is 11.6. The Hall–Kier alpha value is -1.59. The Kier molecular flexibility index (Phi) is 4.85. The molecule has 1 aliphatic heterocycles. The lowest BCUT2D eigenvalue weighted by Gasteiger charge is -2.35. The minimum Gasteiger partial charge on any atom is -0.462 e. The first-order valence-electron chi connectivity index (χ1n) is 5.87. The molecular formula is C11H13NO8S. The fourth-order valence-corrected chi connectivity index (χ4v) is 2.79. The molecule has 1 fully saturated rings. The molecule has 1 aromatic carbocycles. The molecule has 0 radical (unpaired) electrons. The van der Waals surface area contributed by atoms with Crippen LogP contribution in [0.5, 0.6) is 5.75 Å². The molecule has 0 amide bonds. The molecule has 1 aliphatic rings. The van der Waals surface area contributed by atoms with Gasteiger partial charge in [0, 0.05) is 12.1 Å². The van der Waals surface area contributed by atoms with Crippen LogP contribution < -0.4 is 4.74 Å².